The van der Waals surface area contributed by atoms with Gasteiger partial charge in [0.2, 0.25) is 0 Å². The van der Waals surface area contributed by atoms with Crippen molar-refractivity contribution in [2.45, 2.75) is 25.6 Å². The predicted octanol–water partition coefficient (Wildman–Crippen LogP) is 1.35. The number of nitrogen functional groups attached to an aromatic ring is 1. The molecular weight excluding hydrogens is 254 g/mol. The zero-order valence-corrected chi connectivity index (χ0v) is 10.9. The van der Waals surface area contributed by atoms with E-state index in [2.05, 4.69) is 4.98 Å². The smallest absolute Gasteiger partial charge is 0.273 e. The van der Waals surface area contributed by atoms with E-state index in [9.17, 15) is 0 Å². The molecule has 2 rings (SSSR count). The van der Waals surface area contributed by atoms with Gasteiger partial charge in [-0.05, 0) is 19.3 Å². The van der Waals surface area contributed by atoms with Crippen LogP contribution in [0.2, 0.25) is 0 Å². The van der Waals surface area contributed by atoms with Crippen molar-refractivity contribution in [1.82, 2.24) is 4.98 Å². The summed E-state index contributed by atoms with van der Waals surface area (Å²) in [7, 11) is 0. The first kappa shape index (κ1) is 13.3. The largest absolute Gasteiger partial charge is 0.468 e. The summed E-state index contributed by atoms with van der Waals surface area (Å²) in [6, 6.07) is 0. The molecule has 0 saturated carbocycles. The lowest BCUT2D eigenvalue weighted by Gasteiger charge is -2.22. The zero-order chi connectivity index (χ0) is 12.8. The topological polar surface area (TPSA) is 90.5 Å². The van der Waals surface area contributed by atoms with E-state index >= 15 is 0 Å². The fourth-order valence-corrected chi connectivity index (χ4v) is 2.29. The van der Waals surface area contributed by atoms with E-state index in [0.29, 0.717) is 24.1 Å². The third-order valence-corrected chi connectivity index (χ3v) is 3.26. The number of nitrogens with two attached hydrogens (primary N) is 1. The number of amidine groups is 1. The summed E-state index contributed by atoms with van der Waals surface area (Å²) >= 11 is 1.32. The summed E-state index contributed by atoms with van der Waals surface area (Å²) < 4.78 is 16.4. The van der Waals surface area contributed by atoms with Crippen LogP contribution in [0.5, 0.6) is 5.19 Å². The minimum atomic E-state index is -0.0913. The third kappa shape index (κ3) is 3.94. The molecule has 7 heteroatoms. The van der Waals surface area contributed by atoms with E-state index in [1.165, 1.54) is 11.3 Å². The highest BCUT2D eigenvalue weighted by Gasteiger charge is 2.13. The van der Waals surface area contributed by atoms with Gasteiger partial charge in [0, 0.05) is 12.0 Å². The first-order valence-corrected chi connectivity index (χ1v) is 6.79. The van der Waals surface area contributed by atoms with Crippen molar-refractivity contribution in [2.24, 2.45) is 5.73 Å². The summed E-state index contributed by atoms with van der Waals surface area (Å²) in [5, 5.41) is 9.43. The van der Waals surface area contributed by atoms with Crippen LogP contribution >= 0.6 is 11.3 Å². The Labute approximate surface area is 110 Å². The number of nitrogens with one attached hydrogen (secondary N) is 1. The molecule has 0 amide bonds. The lowest BCUT2D eigenvalue weighted by Crippen LogP contribution is -2.24. The summed E-state index contributed by atoms with van der Waals surface area (Å²) in [4.78, 5) is 4.05. The Bertz CT molecular complexity index is 391. The van der Waals surface area contributed by atoms with Crippen molar-refractivity contribution in [3.63, 3.8) is 0 Å². The fourth-order valence-electron chi connectivity index (χ4n) is 1.60. The average molecular weight is 271 g/mol. The van der Waals surface area contributed by atoms with Crippen molar-refractivity contribution in [3.05, 3.63) is 11.1 Å². The maximum atomic E-state index is 7.22. The van der Waals surface area contributed by atoms with Crippen LogP contribution < -0.4 is 10.5 Å². The number of hydrogen-bond acceptors (Lipinski definition) is 6. The van der Waals surface area contributed by atoms with Gasteiger partial charge in [-0.15, -0.1) is 0 Å². The predicted molar refractivity (Wildman–Crippen MR) is 68.2 cm³/mol. The van der Waals surface area contributed by atoms with Crippen LogP contribution in [-0.4, -0.2) is 36.9 Å². The van der Waals surface area contributed by atoms with Crippen LogP contribution in [0.4, 0.5) is 0 Å². The van der Waals surface area contributed by atoms with Gasteiger partial charge in [-0.1, -0.05) is 11.3 Å². The molecule has 6 nitrogen and oxygen atoms in total. The number of hydrogen-bond donors (Lipinski definition) is 2. The van der Waals surface area contributed by atoms with Crippen molar-refractivity contribution < 1.29 is 14.2 Å². The Hall–Kier alpha value is -1.18. The molecule has 1 aromatic rings. The molecule has 1 aliphatic rings. The second-order valence-corrected chi connectivity index (χ2v) is 4.75. The Morgan fingerprint density at radius 1 is 1.56 bits per heavy atom. The monoisotopic (exact) mass is 271 g/mol. The first-order chi connectivity index (χ1) is 8.75. The van der Waals surface area contributed by atoms with E-state index < -0.39 is 0 Å². The first-order valence-electron chi connectivity index (χ1n) is 5.91. The Kier molecular flexibility index (Phi) is 4.91. The van der Waals surface area contributed by atoms with Gasteiger partial charge in [0.25, 0.3) is 5.19 Å². The molecule has 18 heavy (non-hydrogen) atoms. The Morgan fingerprint density at radius 3 is 3.11 bits per heavy atom. The quantitative estimate of drug-likeness (QED) is 0.463. The van der Waals surface area contributed by atoms with Gasteiger partial charge < -0.3 is 19.9 Å². The third-order valence-electron chi connectivity index (χ3n) is 2.51. The zero-order valence-electron chi connectivity index (χ0n) is 10.1. The van der Waals surface area contributed by atoms with Gasteiger partial charge in [0.05, 0.1) is 6.61 Å². The maximum Gasteiger partial charge on any atom is 0.273 e. The number of aromatic nitrogens is 1. The van der Waals surface area contributed by atoms with Crippen LogP contribution in [0.1, 0.15) is 25.0 Å². The van der Waals surface area contributed by atoms with Gasteiger partial charge in [-0.3, -0.25) is 5.41 Å². The second-order valence-electron chi connectivity index (χ2n) is 3.93. The highest BCUT2D eigenvalue weighted by molar-refractivity contribution is 7.11. The molecule has 2 heterocycles. The van der Waals surface area contributed by atoms with Gasteiger partial charge in [0.1, 0.15) is 18.1 Å². The van der Waals surface area contributed by atoms with Crippen LogP contribution in [0.25, 0.3) is 0 Å². The fraction of sp³-hybridized carbons (Fsp3) is 0.636. The summed E-state index contributed by atoms with van der Waals surface area (Å²) in [5.41, 5.74) is 5.76. The second kappa shape index (κ2) is 6.67. The van der Waals surface area contributed by atoms with E-state index in [1.54, 1.807) is 5.38 Å². The lowest BCUT2D eigenvalue weighted by atomic mass is 10.2. The molecule has 3 N–H and O–H groups in total. The van der Waals surface area contributed by atoms with E-state index in [-0.39, 0.29) is 12.1 Å². The number of nitrogens with zero attached hydrogens (tertiary/aromatic N) is 1. The molecule has 1 fully saturated rings. The SMILES string of the molecule is N=C(N)c1csc(OCCO[C@H]2CCCCO2)n1. The molecule has 0 aliphatic carbocycles. The normalized spacial score (nSPS) is 19.7. The summed E-state index contributed by atoms with van der Waals surface area (Å²) in [6.07, 6.45) is 3.13. The molecule has 1 aromatic heterocycles. The highest BCUT2D eigenvalue weighted by Crippen LogP contribution is 2.18. The van der Waals surface area contributed by atoms with Crippen molar-refractivity contribution in [2.75, 3.05) is 19.8 Å². The minimum absolute atomic E-state index is 0.0482. The van der Waals surface area contributed by atoms with Gasteiger partial charge >= 0.3 is 0 Å². The highest BCUT2D eigenvalue weighted by atomic mass is 32.1. The lowest BCUT2D eigenvalue weighted by molar-refractivity contribution is -0.165. The molecule has 0 unspecified atom stereocenters. The van der Waals surface area contributed by atoms with Crippen LogP contribution in [0, 0.1) is 5.41 Å². The van der Waals surface area contributed by atoms with Crippen molar-refractivity contribution >= 4 is 17.2 Å². The van der Waals surface area contributed by atoms with Crippen LogP contribution in [0.3, 0.4) is 0 Å². The number of ether oxygens (including phenoxy) is 3. The molecule has 1 atom stereocenters. The molecular formula is C11H17N3O3S. The standard InChI is InChI=1S/C11H17N3O3S/c12-10(13)8-7-18-11(14-8)17-6-5-16-9-3-1-2-4-15-9/h7,9H,1-6H2,(H3,12,13)/t9-/m0/s1. The molecule has 0 spiro atoms. The number of rotatable bonds is 6. The number of thiazole rings is 1. The molecule has 0 radical (unpaired) electrons. The molecule has 100 valence electrons. The van der Waals surface area contributed by atoms with Gasteiger partial charge in [-0.25, -0.2) is 0 Å². The Balaban J connectivity index is 1.63. The average Bonchev–Trinajstić information content (AvgIpc) is 2.85. The molecule has 1 aliphatic heterocycles. The van der Waals surface area contributed by atoms with E-state index in [0.717, 1.165) is 25.9 Å². The maximum absolute atomic E-state index is 7.22. The molecule has 0 aromatic carbocycles. The summed E-state index contributed by atoms with van der Waals surface area (Å²) in [6.45, 7) is 1.67. The van der Waals surface area contributed by atoms with Crippen molar-refractivity contribution in [3.8, 4) is 5.19 Å². The van der Waals surface area contributed by atoms with Gasteiger partial charge in [-0.2, -0.15) is 4.98 Å². The van der Waals surface area contributed by atoms with E-state index in [4.69, 9.17) is 25.4 Å². The van der Waals surface area contributed by atoms with Crippen LogP contribution in [0.15, 0.2) is 5.38 Å². The molecule has 0 bridgehead atoms. The Morgan fingerprint density at radius 2 is 2.44 bits per heavy atom. The minimum Gasteiger partial charge on any atom is -0.468 e. The molecule has 1 saturated heterocycles. The van der Waals surface area contributed by atoms with Gasteiger partial charge in [0.15, 0.2) is 6.29 Å². The van der Waals surface area contributed by atoms with E-state index in [1.807, 2.05) is 0 Å². The summed E-state index contributed by atoms with van der Waals surface area (Å²) in [5.74, 6) is -0.0482. The van der Waals surface area contributed by atoms with Crippen molar-refractivity contribution in [1.29, 1.82) is 5.41 Å². The van der Waals surface area contributed by atoms with Crippen LogP contribution in [-0.2, 0) is 9.47 Å².